The van der Waals surface area contributed by atoms with Gasteiger partial charge < -0.3 is 14.4 Å². The first-order valence-electron chi connectivity index (χ1n) is 9.09. The summed E-state index contributed by atoms with van der Waals surface area (Å²) in [7, 11) is -0.968. The summed E-state index contributed by atoms with van der Waals surface area (Å²) < 4.78 is 37.6. The molecule has 13 heteroatoms. The van der Waals surface area contributed by atoms with Crippen molar-refractivity contribution in [3.05, 3.63) is 56.6 Å². The molecule has 1 aliphatic heterocycles. The third-order valence-electron chi connectivity index (χ3n) is 4.94. The Balaban J connectivity index is 1.81. The van der Waals surface area contributed by atoms with Gasteiger partial charge in [0.1, 0.15) is 5.69 Å². The second-order valence-electron chi connectivity index (χ2n) is 6.60. The predicted molar refractivity (Wildman–Crippen MR) is 110 cm³/mol. The number of rotatable bonds is 7. The summed E-state index contributed by atoms with van der Waals surface area (Å²) in [6, 6.07) is 7.71. The normalized spacial score (nSPS) is 14.8. The zero-order valence-electron chi connectivity index (χ0n) is 16.8. The molecule has 1 heterocycles. The number of nitro groups is 2. The van der Waals surface area contributed by atoms with E-state index in [0.717, 1.165) is 6.07 Å². The van der Waals surface area contributed by atoms with E-state index in [1.165, 1.54) is 48.9 Å². The number of nitrogens with zero attached hydrogens (tertiary/aromatic N) is 4. The van der Waals surface area contributed by atoms with E-state index in [2.05, 4.69) is 0 Å². The van der Waals surface area contributed by atoms with E-state index in [0.29, 0.717) is 5.75 Å². The molecule has 0 bridgehead atoms. The zero-order valence-corrected chi connectivity index (χ0v) is 17.6. The number of hydrogen-bond acceptors (Lipinski definition) is 9. The molecule has 0 unspecified atom stereocenters. The molecule has 3 rings (SSSR count). The van der Waals surface area contributed by atoms with Gasteiger partial charge in [0, 0.05) is 38.3 Å². The summed E-state index contributed by atoms with van der Waals surface area (Å²) >= 11 is 0. The minimum absolute atomic E-state index is 0.0416. The highest BCUT2D eigenvalue weighted by molar-refractivity contribution is 7.89. The van der Waals surface area contributed by atoms with Gasteiger partial charge in [0.15, 0.2) is 11.5 Å². The number of sulfonamides is 1. The maximum atomic E-state index is 13.0. The molecule has 2 aromatic carbocycles. The average molecular weight is 452 g/mol. The SMILES string of the molecule is COc1ccc(S(=O)(=O)N2CCN(c3ccc([N+](=O)[O-])cc3[N+](=O)[O-])CC2)cc1OC. The van der Waals surface area contributed by atoms with Crippen LogP contribution in [-0.4, -0.2) is 63.0 Å². The van der Waals surface area contributed by atoms with Crippen molar-refractivity contribution in [1.82, 2.24) is 4.31 Å². The van der Waals surface area contributed by atoms with Crippen LogP contribution in [0.1, 0.15) is 0 Å². The van der Waals surface area contributed by atoms with Gasteiger partial charge in [0.25, 0.3) is 11.4 Å². The molecule has 1 saturated heterocycles. The maximum absolute atomic E-state index is 13.0. The Morgan fingerprint density at radius 1 is 0.871 bits per heavy atom. The number of ether oxygens (including phenoxy) is 2. The topological polar surface area (TPSA) is 145 Å². The van der Waals surface area contributed by atoms with Gasteiger partial charge >= 0.3 is 0 Å². The van der Waals surface area contributed by atoms with E-state index in [4.69, 9.17) is 9.47 Å². The van der Waals surface area contributed by atoms with Gasteiger partial charge in [-0.1, -0.05) is 0 Å². The van der Waals surface area contributed by atoms with Crippen LogP contribution in [0.3, 0.4) is 0 Å². The first kappa shape index (κ1) is 22.2. The molecule has 166 valence electrons. The number of hydrogen-bond donors (Lipinski definition) is 0. The van der Waals surface area contributed by atoms with E-state index in [1.807, 2.05) is 0 Å². The highest BCUT2D eigenvalue weighted by Gasteiger charge is 2.32. The van der Waals surface area contributed by atoms with Crippen molar-refractivity contribution in [3.63, 3.8) is 0 Å². The molecule has 0 radical (unpaired) electrons. The largest absolute Gasteiger partial charge is 0.493 e. The first-order valence-corrected chi connectivity index (χ1v) is 10.5. The molecule has 1 aliphatic rings. The number of methoxy groups -OCH3 is 2. The molecule has 0 amide bonds. The lowest BCUT2D eigenvalue weighted by Crippen LogP contribution is -2.48. The van der Waals surface area contributed by atoms with Gasteiger partial charge in [-0.2, -0.15) is 4.31 Å². The molecule has 0 N–H and O–H groups in total. The molecule has 12 nitrogen and oxygen atoms in total. The summed E-state index contributed by atoms with van der Waals surface area (Å²) in [5.74, 6) is 0.681. The Bertz CT molecular complexity index is 1110. The van der Waals surface area contributed by atoms with Crippen LogP contribution in [-0.2, 0) is 10.0 Å². The van der Waals surface area contributed by atoms with Crippen molar-refractivity contribution in [2.75, 3.05) is 45.3 Å². The summed E-state index contributed by atoms with van der Waals surface area (Å²) in [6.45, 7) is 0.548. The highest BCUT2D eigenvalue weighted by Crippen LogP contribution is 2.34. The Kier molecular flexibility index (Phi) is 6.27. The molecule has 1 fully saturated rings. The fraction of sp³-hybridized carbons (Fsp3) is 0.333. The summed E-state index contributed by atoms with van der Waals surface area (Å²) in [4.78, 5) is 22.6. The minimum atomic E-state index is -3.82. The summed E-state index contributed by atoms with van der Waals surface area (Å²) in [5.41, 5.74) is -0.575. The molecule has 0 spiro atoms. The fourth-order valence-corrected chi connectivity index (χ4v) is 4.77. The number of non-ortho nitro benzene ring substituents is 1. The van der Waals surface area contributed by atoms with Gasteiger partial charge in [-0.3, -0.25) is 20.2 Å². The Morgan fingerprint density at radius 3 is 2.06 bits per heavy atom. The van der Waals surface area contributed by atoms with Gasteiger partial charge in [0.2, 0.25) is 10.0 Å². The molecule has 0 aromatic heterocycles. The third-order valence-corrected chi connectivity index (χ3v) is 6.83. The van der Waals surface area contributed by atoms with Gasteiger partial charge in [-0.15, -0.1) is 0 Å². The smallest absolute Gasteiger partial charge is 0.299 e. The first-order chi connectivity index (χ1) is 14.7. The second kappa shape index (κ2) is 8.73. The summed E-state index contributed by atoms with van der Waals surface area (Å²) in [5, 5.41) is 22.3. The van der Waals surface area contributed by atoms with Crippen LogP contribution in [0.25, 0.3) is 0 Å². The van der Waals surface area contributed by atoms with Crippen LogP contribution < -0.4 is 14.4 Å². The molecule has 0 atom stereocenters. The van der Waals surface area contributed by atoms with Crippen LogP contribution in [0.15, 0.2) is 41.3 Å². The predicted octanol–water partition coefficient (Wildman–Crippen LogP) is 2.03. The standard InChI is InChI=1S/C18H20N4O8S/c1-29-17-6-4-14(12-18(17)30-2)31(27,28)20-9-7-19(8-10-20)15-5-3-13(21(23)24)11-16(15)22(25)26/h3-6,11-12H,7-10H2,1-2H3. The Hall–Kier alpha value is -3.45. The molecular formula is C18H20N4O8S. The quantitative estimate of drug-likeness (QED) is 0.455. The molecule has 0 aliphatic carbocycles. The van der Waals surface area contributed by atoms with Crippen LogP contribution in [0, 0.1) is 20.2 Å². The fourth-order valence-electron chi connectivity index (χ4n) is 3.33. The lowest BCUT2D eigenvalue weighted by Gasteiger charge is -2.35. The van der Waals surface area contributed by atoms with Crippen molar-refractivity contribution in [2.45, 2.75) is 4.90 Å². The number of anilines is 1. The minimum Gasteiger partial charge on any atom is -0.493 e. The average Bonchev–Trinajstić information content (AvgIpc) is 2.78. The number of piperazine rings is 1. The third kappa shape index (κ3) is 4.36. The van der Waals surface area contributed by atoms with Crippen molar-refractivity contribution in [2.24, 2.45) is 0 Å². The van der Waals surface area contributed by atoms with Crippen LogP contribution in [0.2, 0.25) is 0 Å². The monoisotopic (exact) mass is 452 g/mol. The van der Waals surface area contributed by atoms with Gasteiger partial charge in [-0.25, -0.2) is 8.42 Å². The summed E-state index contributed by atoms with van der Waals surface area (Å²) in [6.07, 6.45) is 0. The maximum Gasteiger partial charge on any atom is 0.299 e. The van der Waals surface area contributed by atoms with Crippen molar-refractivity contribution < 1.29 is 27.7 Å². The van der Waals surface area contributed by atoms with E-state index in [-0.39, 0.29) is 48.2 Å². The van der Waals surface area contributed by atoms with E-state index < -0.39 is 25.6 Å². The zero-order chi connectivity index (χ0) is 22.8. The van der Waals surface area contributed by atoms with Crippen molar-refractivity contribution in [3.8, 4) is 11.5 Å². The highest BCUT2D eigenvalue weighted by atomic mass is 32.2. The van der Waals surface area contributed by atoms with Gasteiger partial charge in [0.05, 0.1) is 35.0 Å². The molecular weight excluding hydrogens is 432 g/mol. The second-order valence-corrected chi connectivity index (χ2v) is 8.53. The Labute approximate surface area is 177 Å². The lowest BCUT2D eigenvalue weighted by atomic mass is 10.2. The van der Waals surface area contributed by atoms with Crippen LogP contribution in [0.5, 0.6) is 11.5 Å². The molecule has 0 saturated carbocycles. The van der Waals surface area contributed by atoms with Crippen molar-refractivity contribution in [1.29, 1.82) is 0 Å². The Morgan fingerprint density at radius 2 is 1.52 bits per heavy atom. The van der Waals surface area contributed by atoms with Crippen molar-refractivity contribution >= 4 is 27.1 Å². The van der Waals surface area contributed by atoms with E-state index >= 15 is 0 Å². The number of nitro benzene ring substituents is 2. The van der Waals surface area contributed by atoms with Crippen LogP contribution in [0.4, 0.5) is 17.1 Å². The molecule has 2 aromatic rings. The number of benzene rings is 2. The van der Waals surface area contributed by atoms with E-state index in [1.54, 1.807) is 4.90 Å². The van der Waals surface area contributed by atoms with Gasteiger partial charge in [-0.05, 0) is 18.2 Å². The lowest BCUT2D eigenvalue weighted by molar-refractivity contribution is -0.393. The van der Waals surface area contributed by atoms with Crippen LogP contribution >= 0.6 is 0 Å². The van der Waals surface area contributed by atoms with E-state index in [9.17, 15) is 28.6 Å². The molecule has 31 heavy (non-hydrogen) atoms.